The first-order chi connectivity index (χ1) is 12.1. The predicted octanol–water partition coefficient (Wildman–Crippen LogP) is 4.82. The molecule has 6 heteroatoms. The maximum atomic E-state index is 12.6. The van der Waals surface area contributed by atoms with E-state index in [1.165, 1.54) is 11.3 Å². The van der Waals surface area contributed by atoms with Gasteiger partial charge in [-0.25, -0.2) is 0 Å². The van der Waals surface area contributed by atoms with Crippen LogP contribution in [0, 0.1) is 6.92 Å². The molecule has 0 spiro atoms. The van der Waals surface area contributed by atoms with Gasteiger partial charge in [-0.05, 0) is 37.1 Å². The number of benzene rings is 2. The highest BCUT2D eigenvalue weighted by atomic mass is 35.5. The van der Waals surface area contributed by atoms with Gasteiger partial charge in [0.15, 0.2) is 4.80 Å². The van der Waals surface area contributed by atoms with E-state index in [4.69, 9.17) is 16.3 Å². The van der Waals surface area contributed by atoms with Gasteiger partial charge < -0.3 is 9.30 Å². The topological polar surface area (TPSA) is 43.6 Å². The molecule has 1 heterocycles. The zero-order chi connectivity index (χ0) is 18.0. The van der Waals surface area contributed by atoms with E-state index in [0.717, 1.165) is 34.5 Å². The van der Waals surface area contributed by atoms with Crippen LogP contribution in [0.25, 0.3) is 10.2 Å². The Labute approximate surface area is 155 Å². The van der Waals surface area contributed by atoms with Gasteiger partial charge in [-0.1, -0.05) is 48.1 Å². The first-order valence-corrected chi connectivity index (χ1v) is 9.26. The normalized spacial score (nSPS) is 11.9. The van der Waals surface area contributed by atoms with Crippen LogP contribution in [0.3, 0.4) is 0 Å². The van der Waals surface area contributed by atoms with Crippen molar-refractivity contribution < 1.29 is 9.53 Å². The van der Waals surface area contributed by atoms with Gasteiger partial charge in [-0.15, -0.1) is 0 Å². The predicted molar refractivity (Wildman–Crippen MR) is 103 cm³/mol. The fourth-order valence-corrected chi connectivity index (χ4v) is 4.10. The number of amides is 1. The average molecular weight is 375 g/mol. The summed E-state index contributed by atoms with van der Waals surface area (Å²) >= 11 is 7.63. The monoisotopic (exact) mass is 374 g/mol. The van der Waals surface area contributed by atoms with E-state index in [-0.39, 0.29) is 5.91 Å². The van der Waals surface area contributed by atoms with Crippen molar-refractivity contribution in [3.63, 3.8) is 0 Å². The number of fused-ring (bicyclic) bond motifs is 1. The van der Waals surface area contributed by atoms with Crippen molar-refractivity contribution in [3.05, 3.63) is 57.3 Å². The molecule has 0 saturated heterocycles. The van der Waals surface area contributed by atoms with E-state index in [1.54, 1.807) is 31.4 Å². The second kappa shape index (κ2) is 7.42. The lowest BCUT2D eigenvalue weighted by Gasteiger charge is -2.08. The van der Waals surface area contributed by atoms with Gasteiger partial charge in [-0.2, -0.15) is 4.99 Å². The Hall–Kier alpha value is -2.11. The number of aryl methyl sites for hydroxylation is 2. The van der Waals surface area contributed by atoms with E-state index in [9.17, 15) is 4.79 Å². The molecule has 0 N–H and O–H groups in total. The van der Waals surface area contributed by atoms with Gasteiger partial charge in [0.25, 0.3) is 5.91 Å². The zero-order valence-electron chi connectivity index (χ0n) is 14.4. The maximum Gasteiger partial charge on any atom is 0.281 e. The minimum atomic E-state index is -0.335. The smallest absolute Gasteiger partial charge is 0.281 e. The molecule has 3 rings (SSSR count). The summed E-state index contributed by atoms with van der Waals surface area (Å²) in [7, 11) is 1.66. The lowest BCUT2D eigenvalue weighted by molar-refractivity contribution is 0.0998. The van der Waals surface area contributed by atoms with Crippen LogP contribution in [0.15, 0.2) is 41.4 Å². The third-order valence-electron chi connectivity index (χ3n) is 3.95. The van der Waals surface area contributed by atoms with E-state index in [1.807, 2.05) is 19.1 Å². The molecule has 0 atom stereocenters. The summed E-state index contributed by atoms with van der Waals surface area (Å²) in [6.45, 7) is 4.90. The van der Waals surface area contributed by atoms with Crippen LogP contribution < -0.4 is 9.54 Å². The summed E-state index contributed by atoms with van der Waals surface area (Å²) in [6.07, 6.45) is 0.927. The lowest BCUT2D eigenvalue weighted by Crippen LogP contribution is -2.17. The van der Waals surface area contributed by atoms with Crippen LogP contribution in [-0.2, 0) is 6.54 Å². The molecule has 130 valence electrons. The number of hydrogen-bond donors (Lipinski definition) is 0. The van der Waals surface area contributed by atoms with Gasteiger partial charge in [-0.3, -0.25) is 4.79 Å². The van der Waals surface area contributed by atoms with E-state index in [2.05, 4.69) is 16.5 Å². The van der Waals surface area contributed by atoms with Gasteiger partial charge in [0.05, 0.1) is 22.4 Å². The number of carbonyl (C=O) groups excluding carboxylic acids is 1. The fourth-order valence-electron chi connectivity index (χ4n) is 2.74. The third-order valence-corrected chi connectivity index (χ3v) is 5.50. The van der Waals surface area contributed by atoms with Crippen LogP contribution in [0.4, 0.5) is 0 Å². The largest absolute Gasteiger partial charge is 0.495 e. The Morgan fingerprint density at radius 3 is 2.72 bits per heavy atom. The van der Waals surface area contributed by atoms with Gasteiger partial charge >= 0.3 is 0 Å². The zero-order valence-corrected chi connectivity index (χ0v) is 15.9. The third kappa shape index (κ3) is 3.34. The Kier molecular flexibility index (Phi) is 5.25. The van der Waals surface area contributed by atoms with Gasteiger partial charge in [0.1, 0.15) is 11.3 Å². The molecular formula is C19H19ClN2O2S. The van der Waals surface area contributed by atoms with E-state index in [0.29, 0.717) is 15.4 Å². The second-order valence-electron chi connectivity index (χ2n) is 5.70. The Bertz CT molecular complexity index is 1000. The van der Waals surface area contributed by atoms with Crippen LogP contribution in [0.2, 0.25) is 5.02 Å². The van der Waals surface area contributed by atoms with Crippen molar-refractivity contribution in [2.75, 3.05) is 7.11 Å². The summed E-state index contributed by atoms with van der Waals surface area (Å²) < 4.78 is 8.67. The molecule has 0 saturated carbocycles. The first-order valence-electron chi connectivity index (χ1n) is 8.07. The molecule has 1 amide bonds. The first kappa shape index (κ1) is 17.7. The van der Waals surface area contributed by atoms with E-state index >= 15 is 0 Å². The number of nitrogens with zero attached hydrogens (tertiary/aromatic N) is 2. The number of methoxy groups -OCH3 is 1. The Balaban J connectivity index is 2.25. The molecule has 0 unspecified atom stereocenters. The number of ether oxygens (including phenoxy) is 1. The summed E-state index contributed by atoms with van der Waals surface area (Å²) in [5.41, 5.74) is 2.53. The number of aromatic nitrogens is 1. The molecule has 25 heavy (non-hydrogen) atoms. The van der Waals surface area contributed by atoms with Crippen LogP contribution in [0.1, 0.15) is 29.3 Å². The standard InChI is InChI=1S/C19H19ClN2O2S/c1-4-11-22-16-15(24-3)10-9-12(2)17(16)25-19(22)21-18(23)13-7-5-6-8-14(13)20/h5-10H,4,11H2,1-3H3. The fraction of sp³-hybridized carbons (Fsp3) is 0.263. The highest BCUT2D eigenvalue weighted by molar-refractivity contribution is 7.16. The van der Waals surface area contributed by atoms with Crippen molar-refractivity contribution in [3.8, 4) is 5.75 Å². The van der Waals surface area contributed by atoms with Crippen LogP contribution in [-0.4, -0.2) is 17.6 Å². The summed E-state index contributed by atoms with van der Waals surface area (Å²) in [5.74, 6) is 0.454. The number of rotatable bonds is 4. The highest BCUT2D eigenvalue weighted by Crippen LogP contribution is 2.30. The molecule has 2 aromatic carbocycles. The van der Waals surface area contributed by atoms with E-state index < -0.39 is 0 Å². The average Bonchev–Trinajstić information content (AvgIpc) is 2.95. The molecule has 0 aliphatic rings. The minimum Gasteiger partial charge on any atom is -0.495 e. The molecule has 0 fully saturated rings. The number of thiazole rings is 1. The molecular weight excluding hydrogens is 356 g/mol. The molecule has 0 aliphatic heterocycles. The minimum absolute atomic E-state index is 0.335. The molecule has 0 bridgehead atoms. The molecule has 0 radical (unpaired) electrons. The van der Waals surface area contributed by atoms with Crippen LogP contribution in [0.5, 0.6) is 5.75 Å². The second-order valence-corrected chi connectivity index (χ2v) is 7.08. The van der Waals surface area contributed by atoms with Crippen molar-refractivity contribution in [1.29, 1.82) is 0 Å². The number of hydrogen-bond acceptors (Lipinski definition) is 3. The molecule has 4 nitrogen and oxygen atoms in total. The Morgan fingerprint density at radius 2 is 2.04 bits per heavy atom. The molecule has 0 aliphatic carbocycles. The maximum absolute atomic E-state index is 12.6. The quantitative estimate of drug-likeness (QED) is 0.656. The lowest BCUT2D eigenvalue weighted by atomic mass is 10.2. The number of carbonyl (C=O) groups is 1. The van der Waals surface area contributed by atoms with Gasteiger partial charge in [0.2, 0.25) is 0 Å². The molecule has 3 aromatic rings. The summed E-state index contributed by atoms with van der Waals surface area (Å²) in [5, 5.41) is 0.410. The van der Waals surface area contributed by atoms with Crippen LogP contribution >= 0.6 is 22.9 Å². The van der Waals surface area contributed by atoms with Crippen molar-refractivity contribution >= 4 is 39.1 Å². The van der Waals surface area contributed by atoms with Crippen molar-refractivity contribution in [2.24, 2.45) is 4.99 Å². The molecule has 1 aromatic heterocycles. The van der Waals surface area contributed by atoms with Gasteiger partial charge in [0, 0.05) is 6.54 Å². The summed E-state index contributed by atoms with van der Waals surface area (Å²) in [4.78, 5) is 17.6. The van der Waals surface area contributed by atoms with Crippen molar-refractivity contribution in [2.45, 2.75) is 26.8 Å². The highest BCUT2D eigenvalue weighted by Gasteiger charge is 2.15. The Morgan fingerprint density at radius 1 is 1.28 bits per heavy atom. The number of halogens is 1. The SMILES string of the molecule is CCCn1c(=NC(=O)c2ccccc2Cl)sc2c(C)ccc(OC)c21. The summed E-state index contributed by atoms with van der Waals surface area (Å²) in [6, 6.07) is 10.9. The van der Waals surface area contributed by atoms with Crippen molar-refractivity contribution in [1.82, 2.24) is 4.57 Å².